The van der Waals surface area contributed by atoms with Crippen LogP contribution in [0.3, 0.4) is 0 Å². The van der Waals surface area contributed by atoms with Gasteiger partial charge in [0.2, 0.25) is 0 Å². The molecule has 0 spiro atoms. The predicted molar refractivity (Wildman–Crippen MR) is 78.0 cm³/mol. The molecule has 2 atom stereocenters. The van der Waals surface area contributed by atoms with Crippen LogP contribution in [0.15, 0.2) is 0 Å². The van der Waals surface area contributed by atoms with Crippen molar-refractivity contribution in [3.63, 3.8) is 0 Å². The quantitative estimate of drug-likeness (QED) is 0.817. The van der Waals surface area contributed by atoms with Crippen LogP contribution in [0.4, 0.5) is 0 Å². The number of nitrogens with one attached hydrogen (secondary N) is 1. The average molecular weight is 256 g/mol. The minimum Gasteiger partial charge on any atom is -0.381 e. The van der Waals surface area contributed by atoms with Crippen molar-refractivity contribution in [1.82, 2.24) is 10.2 Å². The third-order valence-electron chi connectivity index (χ3n) is 4.46. The SMILES string of the molecule is CNCC1(CN(C)C(C)C(C)(C)C)CCCOC1. The summed E-state index contributed by atoms with van der Waals surface area (Å²) in [5, 5.41) is 3.35. The van der Waals surface area contributed by atoms with Gasteiger partial charge in [0.25, 0.3) is 0 Å². The molecule has 2 unspecified atom stereocenters. The van der Waals surface area contributed by atoms with Crippen LogP contribution < -0.4 is 5.32 Å². The van der Waals surface area contributed by atoms with E-state index >= 15 is 0 Å². The van der Waals surface area contributed by atoms with Crippen molar-refractivity contribution in [1.29, 1.82) is 0 Å². The topological polar surface area (TPSA) is 24.5 Å². The summed E-state index contributed by atoms with van der Waals surface area (Å²) >= 11 is 0. The highest BCUT2D eigenvalue weighted by Gasteiger charge is 2.36. The zero-order chi connectivity index (χ0) is 13.8. The summed E-state index contributed by atoms with van der Waals surface area (Å²) in [6.45, 7) is 13.3. The first-order valence-corrected chi connectivity index (χ1v) is 7.23. The molecule has 0 aliphatic carbocycles. The van der Waals surface area contributed by atoms with E-state index in [9.17, 15) is 0 Å². The largest absolute Gasteiger partial charge is 0.381 e. The van der Waals surface area contributed by atoms with Crippen molar-refractivity contribution in [2.45, 2.75) is 46.6 Å². The van der Waals surface area contributed by atoms with E-state index < -0.39 is 0 Å². The van der Waals surface area contributed by atoms with Crippen LogP contribution in [-0.4, -0.2) is 51.3 Å². The lowest BCUT2D eigenvalue weighted by molar-refractivity contribution is -0.0336. The lowest BCUT2D eigenvalue weighted by Crippen LogP contribution is -2.51. The molecule has 1 rings (SSSR count). The Balaban J connectivity index is 2.65. The summed E-state index contributed by atoms with van der Waals surface area (Å²) in [7, 11) is 4.30. The van der Waals surface area contributed by atoms with Crippen LogP contribution in [0.5, 0.6) is 0 Å². The molecule has 1 heterocycles. The molecular formula is C15H32N2O. The number of hydrogen-bond donors (Lipinski definition) is 1. The van der Waals surface area contributed by atoms with Crippen LogP contribution in [0.2, 0.25) is 0 Å². The van der Waals surface area contributed by atoms with Gasteiger partial charge in [-0.25, -0.2) is 0 Å². The summed E-state index contributed by atoms with van der Waals surface area (Å²) in [6.07, 6.45) is 2.47. The van der Waals surface area contributed by atoms with E-state index in [4.69, 9.17) is 4.74 Å². The van der Waals surface area contributed by atoms with Crippen molar-refractivity contribution in [3.05, 3.63) is 0 Å². The summed E-state index contributed by atoms with van der Waals surface area (Å²) in [6, 6.07) is 0.577. The number of nitrogens with zero attached hydrogens (tertiary/aromatic N) is 1. The highest BCUT2D eigenvalue weighted by atomic mass is 16.5. The monoisotopic (exact) mass is 256 g/mol. The van der Waals surface area contributed by atoms with Gasteiger partial charge in [0.15, 0.2) is 0 Å². The Bertz CT molecular complexity index is 236. The van der Waals surface area contributed by atoms with E-state index in [0.29, 0.717) is 16.9 Å². The van der Waals surface area contributed by atoms with E-state index in [2.05, 4.69) is 45.0 Å². The van der Waals surface area contributed by atoms with E-state index in [1.54, 1.807) is 0 Å². The molecule has 0 radical (unpaired) electrons. The average Bonchev–Trinajstić information content (AvgIpc) is 2.28. The second-order valence-electron chi connectivity index (χ2n) is 7.14. The van der Waals surface area contributed by atoms with Crippen LogP contribution >= 0.6 is 0 Å². The van der Waals surface area contributed by atoms with Crippen molar-refractivity contribution >= 4 is 0 Å². The molecule has 3 heteroatoms. The van der Waals surface area contributed by atoms with Gasteiger partial charge in [-0.3, -0.25) is 0 Å². The number of hydrogen-bond acceptors (Lipinski definition) is 3. The van der Waals surface area contributed by atoms with Crippen molar-refractivity contribution in [2.24, 2.45) is 10.8 Å². The smallest absolute Gasteiger partial charge is 0.0546 e. The van der Waals surface area contributed by atoms with Crippen molar-refractivity contribution in [3.8, 4) is 0 Å². The molecule has 3 nitrogen and oxygen atoms in total. The van der Waals surface area contributed by atoms with Crippen molar-refractivity contribution in [2.75, 3.05) is 40.4 Å². The molecule has 108 valence electrons. The molecule has 0 aromatic rings. The van der Waals surface area contributed by atoms with Gasteiger partial charge in [-0.05, 0) is 39.3 Å². The second-order valence-corrected chi connectivity index (χ2v) is 7.14. The van der Waals surface area contributed by atoms with Gasteiger partial charge < -0.3 is 15.0 Å². The zero-order valence-corrected chi connectivity index (χ0v) is 13.2. The zero-order valence-electron chi connectivity index (χ0n) is 13.2. The van der Waals surface area contributed by atoms with Gasteiger partial charge >= 0.3 is 0 Å². The fourth-order valence-electron chi connectivity index (χ4n) is 2.93. The fraction of sp³-hybridized carbons (Fsp3) is 1.00. The molecule has 0 aromatic carbocycles. The molecule has 0 amide bonds. The third kappa shape index (κ3) is 4.22. The fourth-order valence-corrected chi connectivity index (χ4v) is 2.93. The van der Waals surface area contributed by atoms with E-state index in [1.807, 2.05) is 7.05 Å². The molecule has 1 N–H and O–H groups in total. The van der Waals surface area contributed by atoms with E-state index in [0.717, 1.165) is 26.3 Å². The maximum absolute atomic E-state index is 5.74. The van der Waals surface area contributed by atoms with Gasteiger partial charge in [-0.1, -0.05) is 20.8 Å². The van der Waals surface area contributed by atoms with Gasteiger partial charge in [0, 0.05) is 31.2 Å². The Kier molecular flexibility index (Phi) is 5.63. The Morgan fingerprint density at radius 1 is 1.39 bits per heavy atom. The minimum absolute atomic E-state index is 0.293. The molecule has 0 saturated carbocycles. The van der Waals surface area contributed by atoms with Crippen molar-refractivity contribution < 1.29 is 4.74 Å². The normalized spacial score (nSPS) is 27.5. The Hall–Kier alpha value is -0.120. The highest BCUT2D eigenvalue weighted by molar-refractivity contribution is 4.89. The molecule has 1 fully saturated rings. The lowest BCUT2D eigenvalue weighted by Gasteiger charge is -2.44. The third-order valence-corrected chi connectivity index (χ3v) is 4.46. The molecule has 1 aliphatic heterocycles. The summed E-state index contributed by atoms with van der Waals surface area (Å²) in [5.41, 5.74) is 0.617. The molecule has 0 bridgehead atoms. The molecule has 1 saturated heterocycles. The first-order chi connectivity index (χ1) is 8.31. The Morgan fingerprint density at radius 3 is 2.50 bits per heavy atom. The maximum atomic E-state index is 5.74. The summed E-state index contributed by atoms with van der Waals surface area (Å²) < 4.78 is 5.74. The van der Waals surface area contributed by atoms with Gasteiger partial charge in [0.1, 0.15) is 0 Å². The molecule has 18 heavy (non-hydrogen) atoms. The lowest BCUT2D eigenvalue weighted by atomic mass is 9.80. The number of ether oxygens (including phenoxy) is 1. The van der Waals surface area contributed by atoms with Crippen LogP contribution in [0.25, 0.3) is 0 Å². The van der Waals surface area contributed by atoms with E-state index in [1.165, 1.54) is 12.8 Å². The molecule has 0 aromatic heterocycles. The molecule has 1 aliphatic rings. The standard InChI is InChI=1S/C15H32N2O/c1-13(14(2,3)4)17(6)11-15(10-16-5)8-7-9-18-12-15/h13,16H,7-12H2,1-6H3. The maximum Gasteiger partial charge on any atom is 0.0546 e. The van der Waals surface area contributed by atoms with Crippen LogP contribution in [0.1, 0.15) is 40.5 Å². The Morgan fingerprint density at radius 2 is 2.06 bits per heavy atom. The minimum atomic E-state index is 0.293. The van der Waals surface area contributed by atoms with Gasteiger partial charge in [-0.15, -0.1) is 0 Å². The first-order valence-electron chi connectivity index (χ1n) is 7.23. The second kappa shape index (κ2) is 6.36. The predicted octanol–water partition coefficient (Wildman–Crippen LogP) is 2.37. The first kappa shape index (κ1) is 15.9. The van der Waals surface area contributed by atoms with Crippen LogP contribution in [-0.2, 0) is 4.74 Å². The Labute approximate surface area is 113 Å². The summed E-state index contributed by atoms with van der Waals surface area (Å²) in [4.78, 5) is 2.51. The van der Waals surface area contributed by atoms with Gasteiger partial charge in [-0.2, -0.15) is 0 Å². The number of rotatable bonds is 5. The summed E-state index contributed by atoms with van der Waals surface area (Å²) in [5.74, 6) is 0. The molecular weight excluding hydrogens is 224 g/mol. The van der Waals surface area contributed by atoms with Gasteiger partial charge in [0.05, 0.1) is 6.61 Å². The highest BCUT2D eigenvalue weighted by Crippen LogP contribution is 2.31. The van der Waals surface area contributed by atoms with E-state index in [-0.39, 0.29) is 0 Å². The van der Waals surface area contributed by atoms with Crippen LogP contribution in [0, 0.1) is 10.8 Å².